The number of carbonyl (C=O) groups excluding carboxylic acids is 4. The van der Waals surface area contributed by atoms with Crippen molar-refractivity contribution >= 4 is 23.6 Å². The summed E-state index contributed by atoms with van der Waals surface area (Å²) in [5, 5.41) is 14.7. The molecule has 3 rings (SSSR count). The van der Waals surface area contributed by atoms with E-state index in [1.807, 2.05) is 13.8 Å². The molecule has 3 aliphatic rings. The number of carbonyl (C=O) groups is 4. The molecule has 0 radical (unpaired) electrons. The van der Waals surface area contributed by atoms with Crippen LogP contribution in [0.1, 0.15) is 66.7 Å². The number of amides is 4. The van der Waals surface area contributed by atoms with Gasteiger partial charge in [0.15, 0.2) is 0 Å². The molecule has 12 heteroatoms. The van der Waals surface area contributed by atoms with Gasteiger partial charge < -0.3 is 21.3 Å². The zero-order chi connectivity index (χ0) is 28.1. The maximum Gasteiger partial charge on any atom is 0.471 e. The van der Waals surface area contributed by atoms with Gasteiger partial charge in [-0.3, -0.25) is 19.2 Å². The Kier molecular flexibility index (Phi) is 7.36. The number of nitrogens with one attached hydrogen (secondary N) is 2. The third-order valence-corrected chi connectivity index (χ3v) is 8.24. The standard InChI is InChI=1S/C25H36F3N5O4/c1-22(2,3)17(31-21(37)25(26,27)28)20(36)33-12-24(10-16(33)18(30)34)7-6-15(24)14(11-29)8-13-9-23(4,5)32-19(13)35/h13-17H,6-10,12H2,1-5H3,(H2,30,34)(H,31,37)(H,32,35)/t13-,14-,15?,16?,17-,24?/m1/s1. The summed E-state index contributed by atoms with van der Waals surface area (Å²) in [6, 6.07) is -0.295. The molecule has 0 aromatic heterocycles. The molecule has 9 nitrogen and oxygen atoms in total. The van der Waals surface area contributed by atoms with E-state index in [-0.39, 0.29) is 36.2 Å². The molecule has 6 atom stereocenters. The predicted molar refractivity (Wildman–Crippen MR) is 126 cm³/mol. The molecule has 1 saturated carbocycles. The van der Waals surface area contributed by atoms with E-state index in [9.17, 15) is 37.6 Å². The first-order chi connectivity index (χ1) is 16.8. The predicted octanol–water partition coefficient (Wildman–Crippen LogP) is 2.01. The van der Waals surface area contributed by atoms with E-state index in [2.05, 4.69) is 11.4 Å². The highest BCUT2D eigenvalue weighted by molar-refractivity contribution is 5.93. The fourth-order valence-corrected chi connectivity index (χ4v) is 6.32. The van der Waals surface area contributed by atoms with Crippen LogP contribution in [0, 0.1) is 39.9 Å². The Balaban J connectivity index is 1.84. The monoisotopic (exact) mass is 527 g/mol. The van der Waals surface area contributed by atoms with Crippen molar-refractivity contribution in [2.45, 2.75) is 90.5 Å². The zero-order valence-electron chi connectivity index (χ0n) is 21.9. The van der Waals surface area contributed by atoms with Crippen molar-refractivity contribution in [3.05, 3.63) is 0 Å². The molecule has 2 aliphatic heterocycles. The van der Waals surface area contributed by atoms with Crippen LogP contribution in [0.5, 0.6) is 0 Å². The minimum Gasteiger partial charge on any atom is -0.368 e. The third-order valence-electron chi connectivity index (χ3n) is 8.24. The van der Waals surface area contributed by atoms with Gasteiger partial charge in [-0.15, -0.1) is 0 Å². The second-order valence-electron chi connectivity index (χ2n) is 12.6. The summed E-state index contributed by atoms with van der Waals surface area (Å²) in [7, 11) is 0. The molecule has 37 heavy (non-hydrogen) atoms. The second-order valence-corrected chi connectivity index (χ2v) is 12.6. The lowest BCUT2D eigenvalue weighted by Crippen LogP contribution is -2.59. The first-order valence-corrected chi connectivity index (χ1v) is 12.5. The number of alkyl halides is 3. The number of halogens is 3. The molecule has 0 aromatic rings. The van der Waals surface area contributed by atoms with Crippen molar-refractivity contribution in [1.82, 2.24) is 15.5 Å². The third kappa shape index (κ3) is 5.70. The largest absolute Gasteiger partial charge is 0.471 e. The molecule has 3 unspecified atom stereocenters. The number of rotatable bonds is 6. The Morgan fingerprint density at radius 3 is 2.27 bits per heavy atom. The van der Waals surface area contributed by atoms with Crippen molar-refractivity contribution in [2.75, 3.05) is 6.54 Å². The van der Waals surface area contributed by atoms with Crippen molar-refractivity contribution in [3.63, 3.8) is 0 Å². The lowest BCUT2D eigenvalue weighted by atomic mass is 9.54. The molecule has 4 amide bonds. The van der Waals surface area contributed by atoms with Gasteiger partial charge in [-0.25, -0.2) is 0 Å². The van der Waals surface area contributed by atoms with E-state index in [0.29, 0.717) is 25.7 Å². The Morgan fingerprint density at radius 2 is 1.86 bits per heavy atom. The van der Waals surface area contributed by atoms with Crippen LogP contribution in [0.4, 0.5) is 13.2 Å². The van der Waals surface area contributed by atoms with Crippen LogP contribution in [-0.2, 0) is 19.2 Å². The van der Waals surface area contributed by atoms with Gasteiger partial charge in [-0.2, -0.15) is 18.4 Å². The Bertz CT molecular complexity index is 1020. The average molecular weight is 528 g/mol. The highest BCUT2D eigenvalue weighted by Gasteiger charge is 2.60. The first kappa shape index (κ1) is 28.7. The SMILES string of the molecule is CC1(C)C[C@@H](C[C@H](C#N)C2CCC23CC(C(N)=O)N(C(=O)[C@@H](NC(=O)C(F)(F)F)C(C)(C)C)C3)C(=O)N1. The van der Waals surface area contributed by atoms with E-state index < -0.39 is 52.7 Å². The van der Waals surface area contributed by atoms with E-state index in [1.54, 1.807) is 5.32 Å². The summed E-state index contributed by atoms with van der Waals surface area (Å²) in [6.07, 6.45) is -2.79. The highest BCUT2D eigenvalue weighted by Crippen LogP contribution is 2.58. The molecule has 3 fully saturated rings. The van der Waals surface area contributed by atoms with Gasteiger partial charge in [0.2, 0.25) is 17.7 Å². The molecule has 2 saturated heterocycles. The van der Waals surface area contributed by atoms with Crippen LogP contribution in [0.25, 0.3) is 0 Å². The molecule has 4 N–H and O–H groups in total. The molecule has 0 aromatic carbocycles. The fraction of sp³-hybridized carbons (Fsp3) is 0.800. The summed E-state index contributed by atoms with van der Waals surface area (Å²) >= 11 is 0. The van der Waals surface area contributed by atoms with Crippen LogP contribution in [0.2, 0.25) is 0 Å². The van der Waals surface area contributed by atoms with Crippen molar-refractivity contribution < 1.29 is 32.3 Å². The van der Waals surface area contributed by atoms with Gasteiger partial charge in [-0.1, -0.05) is 20.8 Å². The number of likely N-dealkylation sites (tertiary alicyclic amines) is 1. The van der Waals surface area contributed by atoms with Gasteiger partial charge in [-0.05, 0) is 62.7 Å². The van der Waals surface area contributed by atoms with Gasteiger partial charge in [0.1, 0.15) is 12.1 Å². The Labute approximate surface area is 214 Å². The molecule has 1 spiro atoms. The zero-order valence-corrected chi connectivity index (χ0v) is 21.9. The molecular weight excluding hydrogens is 491 g/mol. The lowest BCUT2D eigenvalue weighted by molar-refractivity contribution is -0.176. The van der Waals surface area contributed by atoms with Gasteiger partial charge in [0.05, 0.1) is 12.0 Å². The molecule has 1 aliphatic carbocycles. The maximum absolute atomic E-state index is 13.6. The minimum atomic E-state index is -5.18. The molecule has 2 heterocycles. The van der Waals surface area contributed by atoms with Crippen molar-refractivity contribution in [1.29, 1.82) is 5.26 Å². The number of nitriles is 1. The summed E-state index contributed by atoms with van der Waals surface area (Å²) in [5.74, 6) is -4.99. The highest BCUT2D eigenvalue weighted by atomic mass is 19.4. The Morgan fingerprint density at radius 1 is 1.24 bits per heavy atom. The van der Waals surface area contributed by atoms with Crippen molar-refractivity contribution in [2.24, 2.45) is 34.3 Å². The normalized spacial score (nSPS) is 30.7. The van der Waals surface area contributed by atoms with E-state index in [1.165, 1.54) is 25.7 Å². The summed E-state index contributed by atoms with van der Waals surface area (Å²) in [6.45, 7) is 8.42. The summed E-state index contributed by atoms with van der Waals surface area (Å²) < 4.78 is 38.9. The van der Waals surface area contributed by atoms with Gasteiger partial charge in [0.25, 0.3) is 0 Å². The maximum atomic E-state index is 13.6. The fourth-order valence-electron chi connectivity index (χ4n) is 6.32. The Hall–Kier alpha value is -2.84. The molecule has 0 bridgehead atoms. The molecular formula is C25H36F3N5O4. The van der Waals surface area contributed by atoms with Crippen molar-refractivity contribution in [3.8, 4) is 6.07 Å². The summed E-state index contributed by atoms with van der Waals surface area (Å²) in [5.41, 5.74) is 3.55. The number of nitrogens with zero attached hydrogens (tertiary/aromatic N) is 2. The van der Waals surface area contributed by atoms with Gasteiger partial charge in [0, 0.05) is 18.0 Å². The second kappa shape index (κ2) is 9.48. The molecule has 206 valence electrons. The van der Waals surface area contributed by atoms with Crippen LogP contribution in [0.15, 0.2) is 0 Å². The van der Waals surface area contributed by atoms with E-state index in [0.717, 1.165) is 0 Å². The van der Waals surface area contributed by atoms with Crippen LogP contribution < -0.4 is 16.4 Å². The van der Waals surface area contributed by atoms with Crippen LogP contribution in [-0.4, -0.2) is 58.9 Å². The average Bonchev–Trinajstić information content (AvgIpc) is 3.27. The van der Waals surface area contributed by atoms with Crippen LogP contribution in [0.3, 0.4) is 0 Å². The lowest BCUT2D eigenvalue weighted by Gasteiger charge is -2.49. The van der Waals surface area contributed by atoms with Gasteiger partial charge >= 0.3 is 12.1 Å². The quantitative estimate of drug-likeness (QED) is 0.484. The van der Waals surface area contributed by atoms with E-state index in [4.69, 9.17) is 5.73 Å². The first-order valence-electron chi connectivity index (χ1n) is 12.5. The minimum absolute atomic E-state index is 0.0408. The van der Waals surface area contributed by atoms with Crippen LogP contribution >= 0.6 is 0 Å². The number of primary amides is 1. The number of hydrogen-bond donors (Lipinski definition) is 3. The smallest absolute Gasteiger partial charge is 0.368 e. The number of nitrogens with two attached hydrogens (primary N) is 1. The van der Waals surface area contributed by atoms with E-state index >= 15 is 0 Å². The number of hydrogen-bond acceptors (Lipinski definition) is 5. The topological polar surface area (TPSA) is 145 Å². The summed E-state index contributed by atoms with van der Waals surface area (Å²) in [4.78, 5) is 51.3.